The smallest absolute Gasteiger partial charge is 0.408 e. The van der Waals surface area contributed by atoms with E-state index in [1.165, 1.54) is 0 Å². The highest BCUT2D eigenvalue weighted by Crippen LogP contribution is 2.44. The van der Waals surface area contributed by atoms with Gasteiger partial charge in [0, 0.05) is 5.92 Å². The van der Waals surface area contributed by atoms with Crippen molar-refractivity contribution in [1.82, 2.24) is 10.6 Å². The number of nitrogens with one attached hydrogen (secondary N) is 2. The number of carbonyl (C=O) groups is 4. The zero-order valence-electron chi connectivity index (χ0n) is 24.5. The summed E-state index contributed by atoms with van der Waals surface area (Å²) in [6, 6.07) is 13.6. The largest absolute Gasteiger partial charge is 0.480 e. The molecule has 0 unspecified atom stereocenters. The fraction of sp³-hybridized carbons (Fsp3) is 0.484. The molecule has 0 heterocycles. The Hall–Kier alpha value is -4.08. The molecule has 0 bridgehead atoms. The molecule has 41 heavy (non-hydrogen) atoms. The maximum atomic E-state index is 12.9. The predicted molar refractivity (Wildman–Crippen MR) is 152 cm³/mol. The van der Waals surface area contributed by atoms with Gasteiger partial charge in [-0.05, 0) is 83.1 Å². The number of aliphatic carboxylic acids is 1. The van der Waals surface area contributed by atoms with Gasteiger partial charge in [0.25, 0.3) is 0 Å². The molecule has 1 aliphatic carbocycles. The molecule has 0 radical (unpaired) electrons. The van der Waals surface area contributed by atoms with Crippen LogP contribution in [0.2, 0.25) is 0 Å². The molecule has 2 amide bonds. The van der Waals surface area contributed by atoms with E-state index in [1.807, 2.05) is 48.5 Å². The lowest BCUT2D eigenvalue weighted by molar-refractivity contribution is -0.157. The van der Waals surface area contributed by atoms with Gasteiger partial charge in [0.2, 0.25) is 0 Å². The molecule has 0 spiro atoms. The lowest BCUT2D eigenvalue weighted by Crippen LogP contribution is -2.45. The third-order valence-corrected chi connectivity index (χ3v) is 6.30. The minimum atomic E-state index is -1.24. The molecule has 0 fully saturated rings. The Morgan fingerprint density at radius 2 is 1.24 bits per heavy atom. The van der Waals surface area contributed by atoms with Gasteiger partial charge >= 0.3 is 24.1 Å². The van der Waals surface area contributed by atoms with Crippen molar-refractivity contribution in [2.75, 3.05) is 6.61 Å². The predicted octanol–water partition coefficient (Wildman–Crippen LogP) is 5.38. The van der Waals surface area contributed by atoms with Crippen molar-refractivity contribution in [2.45, 2.75) is 90.0 Å². The second-order valence-corrected chi connectivity index (χ2v) is 12.0. The van der Waals surface area contributed by atoms with Crippen LogP contribution in [0.3, 0.4) is 0 Å². The highest BCUT2D eigenvalue weighted by atomic mass is 16.6. The molecular formula is C31H40N2O8. The number of carboxylic acid groups (broad SMARTS) is 1. The number of ether oxygens (including phenoxy) is 3. The second kappa shape index (κ2) is 13.1. The monoisotopic (exact) mass is 568 g/mol. The number of amides is 2. The summed E-state index contributed by atoms with van der Waals surface area (Å²) in [7, 11) is 0. The van der Waals surface area contributed by atoms with Crippen LogP contribution >= 0.6 is 0 Å². The van der Waals surface area contributed by atoms with Crippen molar-refractivity contribution >= 4 is 24.1 Å². The van der Waals surface area contributed by atoms with Gasteiger partial charge in [-0.15, -0.1) is 0 Å². The molecule has 3 N–H and O–H groups in total. The summed E-state index contributed by atoms with van der Waals surface area (Å²) in [6.45, 7) is 10.2. The maximum Gasteiger partial charge on any atom is 0.408 e. The summed E-state index contributed by atoms with van der Waals surface area (Å²) in [4.78, 5) is 49.6. The van der Waals surface area contributed by atoms with Crippen molar-refractivity contribution < 1.29 is 38.5 Å². The fourth-order valence-corrected chi connectivity index (χ4v) is 4.64. The van der Waals surface area contributed by atoms with Gasteiger partial charge in [-0.1, -0.05) is 48.5 Å². The molecule has 10 nitrogen and oxygen atoms in total. The molecule has 1 aliphatic rings. The summed E-state index contributed by atoms with van der Waals surface area (Å²) < 4.78 is 16.2. The first-order valence-electron chi connectivity index (χ1n) is 13.7. The van der Waals surface area contributed by atoms with Crippen LogP contribution in [0.25, 0.3) is 11.1 Å². The Balaban J connectivity index is 1.63. The summed E-state index contributed by atoms with van der Waals surface area (Å²) in [5.41, 5.74) is 2.71. The van der Waals surface area contributed by atoms with Gasteiger partial charge < -0.3 is 30.0 Å². The molecule has 2 atom stereocenters. The first kappa shape index (κ1) is 31.4. The van der Waals surface area contributed by atoms with Crippen LogP contribution in [0.5, 0.6) is 0 Å². The Morgan fingerprint density at radius 3 is 1.76 bits per heavy atom. The Labute approximate surface area is 240 Å². The maximum absolute atomic E-state index is 12.9. The van der Waals surface area contributed by atoms with Crippen molar-refractivity contribution in [3.05, 3.63) is 59.7 Å². The molecule has 10 heteroatoms. The molecule has 0 aromatic heterocycles. The topological polar surface area (TPSA) is 140 Å². The first-order chi connectivity index (χ1) is 19.1. The van der Waals surface area contributed by atoms with E-state index < -0.39 is 47.4 Å². The van der Waals surface area contributed by atoms with Crippen LogP contribution in [-0.4, -0.2) is 59.1 Å². The van der Waals surface area contributed by atoms with Gasteiger partial charge in [-0.2, -0.15) is 0 Å². The number of alkyl carbamates (subject to hydrolysis) is 2. The molecule has 2 aromatic rings. The average Bonchev–Trinajstić information content (AvgIpc) is 3.17. The second-order valence-electron chi connectivity index (χ2n) is 12.0. The van der Waals surface area contributed by atoms with Crippen molar-refractivity contribution in [2.24, 2.45) is 0 Å². The number of esters is 1. The molecule has 0 saturated heterocycles. The van der Waals surface area contributed by atoms with E-state index in [4.69, 9.17) is 14.2 Å². The Bertz CT molecular complexity index is 1220. The minimum Gasteiger partial charge on any atom is -0.480 e. The van der Waals surface area contributed by atoms with E-state index in [1.54, 1.807) is 41.5 Å². The summed E-state index contributed by atoms with van der Waals surface area (Å²) in [5, 5.41) is 14.5. The molecule has 0 aliphatic heterocycles. The van der Waals surface area contributed by atoms with Crippen LogP contribution in [0.1, 0.15) is 77.8 Å². The number of rotatable bonds is 10. The number of carboxylic acids is 1. The standard InChI is InChI=1S/C31H40N2O8/c1-30(2,3)40-27(36)25(17-11-16-24(26(34)35)32-29(38)41-31(4,5)6)33-28(37)39-18-23-21-14-9-7-12-19(21)20-13-8-10-15-22(20)23/h7-10,12-15,23-25H,11,16-18H2,1-6H3,(H,32,38)(H,33,37)(H,34,35)/t24-,25+/m0/s1. The van der Waals surface area contributed by atoms with E-state index in [0.29, 0.717) is 0 Å². The average molecular weight is 569 g/mol. The van der Waals surface area contributed by atoms with Gasteiger partial charge in [0.15, 0.2) is 0 Å². The number of hydrogen-bond acceptors (Lipinski definition) is 7. The highest BCUT2D eigenvalue weighted by molar-refractivity contribution is 5.82. The molecule has 2 aromatic carbocycles. The van der Waals surface area contributed by atoms with Gasteiger partial charge in [-0.3, -0.25) is 0 Å². The van der Waals surface area contributed by atoms with Crippen LogP contribution < -0.4 is 10.6 Å². The van der Waals surface area contributed by atoms with Gasteiger partial charge in [0.1, 0.15) is 29.9 Å². The van der Waals surface area contributed by atoms with Crippen LogP contribution in [0.4, 0.5) is 9.59 Å². The number of fused-ring (bicyclic) bond motifs is 3. The molecule has 222 valence electrons. The summed E-state index contributed by atoms with van der Waals surface area (Å²) in [5.74, 6) is -2.06. The van der Waals surface area contributed by atoms with E-state index >= 15 is 0 Å². The van der Waals surface area contributed by atoms with Crippen molar-refractivity contribution in [3.8, 4) is 11.1 Å². The summed E-state index contributed by atoms with van der Waals surface area (Å²) in [6.07, 6.45) is -1.39. The van der Waals surface area contributed by atoms with Crippen LogP contribution in [0.15, 0.2) is 48.5 Å². The fourth-order valence-electron chi connectivity index (χ4n) is 4.64. The van der Waals surface area contributed by atoms with E-state index in [0.717, 1.165) is 22.3 Å². The molecule has 3 rings (SSSR count). The highest BCUT2D eigenvalue weighted by Gasteiger charge is 2.31. The first-order valence-corrected chi connectivity index (χ1v) is 13.7. The number of benzene rings is 2. The zero-order chi connectivity index (χ0) is 30.4. The third kappa shape index (κ3) is 9.23. The Morgan fingerprint density at radius 1 is 0.756 bits per heavy atom. The van der Waals surface area contributed by atoms with Gasteiger partial charge in [-0.25, -0.2) is 19.2 Å². The van der Waals surface area contributed by atoms with Crippen molar-refractivity contribution in [1.29, 1.82) is 0 Å². The van der Waals surface area contributed by atoms with Crippen LogP contribution in [0, 0.1) is 0 Å². The van der Waals surface area contributed by atoms with E-state index in [-0.39, 0.29) is 31.8 Å². The summed E-state index contributed by atoms with van der Waals surface area (Å²) >= 11 is 0. The van der Waals surface area contributed by atoms with E-state index in [2.05, 4.69) is 10.6 Å². The lowest BCUT2D eigenvalue weighted by atomic mass is 9.98. The lowest BCUT2D eigenvalue weighted by Gasteiger charge is -2.25. The molecule has 0 saturated carbocycles. The number of carbonyl (C=O) groups excluding carboxylic acids is 3. The zero-order valence-corrected chi connectivity index (χ0v) is 24.5. The Kier molecular flexibility index (Phi) is 10.0. The third-order valence-electron chi connectivity index (χ3n) is 6.30. The van der Waals surface area contributed by atoms with Crippen LogP contribution in [-0.2, 0) is 23.8 Å². The quantitative estimate of drug-likeness (QED) is 0.256. The van der Waals surface area contributed by atoms with Gasteiger partial charge in [0.05, 0.1) is 0 Å². The van der Waals surface area contributed by atoms with E-state index in [9.17, 15) is 24.3 Å². The minimum absolute atomic E-state index is 0.000242. The van der Waals surface area contributed by atoms with Crippen molar-refractivity contribution in [3.63, 3.8) is 0 Å². The molecular weight excluding hydrogens is 528 g/mol. The number of hydrogen-bond donors (Lipinski definition) is 3. The SMILES string of the molecule is CC(C)(C)OC(=O)N[C@@H](CCC[C@@H](NC(=O)OCC1c2ccccc2-c2ccccc21)C(=O)OC(C)(C)C)C(=O)O. The normalized spacial score (nSPS) is 14.2.